The molecule has 0 saturated heterocycles. The summed E-state index contributed by atoms with van der Waals surface area (Å²) in [4.78, 5) is 0. The quantitative estimate of drug-likeness (QED) is 0.864. The van der Waals surface area contributed by atoms with Crippen LogP contribution in [0.5, 0.6) is 0 Å². The molecule has 19 heavy (non-hydrogen) atoms. The molecule has 1 heterocycles. The van der Waals surface area contributed by atoms with Crippen LogP contribution in [-0.2, 0) is 5.41 Å². The fraction of sp³-hybridized carbons (Fsp3) is 0.412. The van der Waals surface area contributed by atoms with Gasteiger partial charge < -0.3 is 5.73 Å². The van der Waals surface area contributed by atoms with Gasteiger partial charge >= 0.3 is 0 Å². The molecule has 1 atom stereocenters. The summed E-state index contributed by atoms with van der Waals surface area (Å²) < 4.78 is 0. The van der Waals surface area contributed by atoms with Gasteiger partial charge in [0.2, 0.25) is 0 Å². The number of hydrogen-bond acceptors (Lipinski definition) is 2. The van der Waals surface area contributed by atoms with Crippen molar-refractivity contribution in [1.29, 1.82) is 0 Å². The molecular formula is C17H21NS. The molecular weight excluding hydrogens is 250 g/mol. The maximum Gasteiger partial charge on any atom is 0.0401 e. The van der Waals surface area contributed by atoms with Crippen LogP contribution in [-0.4, -0.2) is 0 Å². The third-order valence-electron chi connectivity index (χ3n) is 4.59. The minimum atomic E-state index is 0.126. The lowest BCUT2D eigenvalue weighted by Crippen LogP contribution is -2.40. The zero-order valence-electron chi connectivity index (χ0n) is 11.2. The second-order valence-corrected chi connectivity index (χ2v) is 6.40. The van der Waals surface area contributed by atoms with Crippen molar-refractivity contribution < 1.29 is 0 Å². The van der Waals surface area contributed by atoms with Crippen molar-refractivity contribution in [3.05, 3.63) is 58.3 Å². The second kappa shape index (κ2) is 5.48. The minimum absolute atomic E-state index is 0.126. The molecule has 1 aliphatic carbocycles. The van der Waals surface area contributed by atoms with Gasteiger partial charge in [-0.15, -0.1) is 0 Å². The molecule has 1 saturated carbocycles. The van der Waals surface area contributed by atoms with E-state index in [1.807, 2.05) is 0 Å². The maximum atomic E-state index is 6.69. The molecule has 1 unspecified atom stereocenters. The van der Waals surface area contributed by atoms with Crippen LogP contribution < -0.4 is 5.73 Å². The van der Waals surface area contributed by atoms with E-state index in [0.717, 1.165) is 0 Å². The van der Waals surface area contributed by atoms with E-state index in [1.165, 1.54) is 43.2 Å². The van der Waals surface area contributed by atoms with Crippen LogP contribution in [0.25, 0.3) is 0 Å². The Bertz CT molecular complexity index is 497. The molecule has 3 rings (SSSR count). The molecule has 1 nitrogen and oxygen atoms in total. The molecule has 1 aliphatic rings. The first-order valence-electron chi connectivity index (χ1n) is 7.16. The SMILES string of the molecule is NC(c1ccsc1)C1(c2ccccc2)CCCCC1. The lowest BCUT2D eigenvalue weighted by atomic mass is 9.64. The van der Waals surface area contributed by atoms with Gasteiger partial charge in [-0.3, -0.25) is 0 Å². The number of hydrogen-bond donors (Lipinski definition) is 1. The summed E-state index contributed by atoms with van der Waals surface area (Å²) in [6.45, 7) is 0. The van der Waals surface area contributed by atoms with E-state index in [4.69, 9.17) is 5.73 Å². The zero-order valence-corrected chi connectivity index (χ0v) is 12.0. The molecule has 100 valence electrons. The Morgan fingerprint density at radius 3 is 2.37 bits per heavy atom. The van der Waals surface area contributed by atoms with Crippen molar-refractivity contribution in [3.8, 4) is 0 Å². The topological polar surface area (TPSA) is 26.0 Å². The normalized spacial score (nSPS) is 20.1. The molecule has 2 aromatic rings. The number of nitrogens with two attached hydrogens (primary N) is 1. The predicted octanol–water partition coefficient (Wildman–Crippen LogP) is 4.65. The van der Waals surface area contributed by atoms with Gasteiger partial charge in [-0.25, -0.2) is 0 Å². The highest BCUT2D eigenvalue weighted by atomic mass is 32.1. The van der Waals surface area contributed by atoms with E-state index < -0.39 is 0 Å². The Kier molecular flexibility index (Phi) is 3.72. The number of rotatable bonds is 3. The van der Waals surface area contributed by atoms with Crippen molar-refractivity contribution in [2.75, 3.05) is 0 Å². The van der Waals surface area contributed by atoms with Crippen LogP contribution >= 0.6 is 11.3 Å². The van der Waals surface area contributed by atoms with E-state index >= 15 is 0 Å². The predicted molar refractivity (Wildman–Crippen MR) is 82.5 cm³/mol. The van der Waals surface area contributed by atoms with Gasteiger partial charge in [-0.05, 0) is 40.8 Å². The molecule has 0 aliphatic heterocycles. The van der Waals surface area contributed by atoms with Crippen molar-refractivity contribution in [3.63, 3.8) is 0 Å². The summed E-state index contributed by atoms with van der Waals surface area (Å²) in [5.41, 5.74) is 9.55. The smallest absolute Gasteiger partial charge is 0.0401 e. The van der Waals surface area contributed by atoms with Gasteiger partial charge in [0.05, 0.1) is 0 Å². The van der Waals surface area contributed by atoms with Crippen LogP contribution in [0.4, 0.5) is 0 Å². The summed E-state index contributed by atoms with van der Waals surface area (Å²) in [7, 11) is 0. The molecule has 1 fully saturated rings. The van der Waals surface area contributed by atoms with Crippen LogP contribution in [0, 0.1) is 0 Å². The molecule has 1 aromatic heterocycles. The molecule has 2 heteroatoms. The van der Waals surface area contributed by atoms with E-state index in [0.29, 0.717) is 0 Å². The Hall–Kier alpha value is -1.12. The summed E-state index contributed by atoms with van der Waals surface area (Å²) in [5, 5.41) is 4.35. The third-order valence-corrected chi connectivity index (χ3v) is 5.29. The van der Waals surface area contributed by atoms with E-state index in [1.54, 1.807) is 11.3 Å². The lowest BCUT2D eigenvalue weighted by molar-refractivity contribution is 0.244. The van der Waals surface area contributed by atoms with Gasteiger partial charge in [0.25, 0.3) is 0 Å². The van der Waals surface area contributed by atoms with Crippen LogP contribution in [0.15, 0.2) is 47.2 Å². The highest BCUT2D eigenvalue weighted by molar-refractivity contribution is 7.07. The number of benzene rings is 1. The average Bonchev–Trinajstić information content (AvgIpc) is 3.02. The Balaban J connectivity index is 2.02. The first-order valence-corrected chi connectivity index (χ1v) is 8.10. The van der Waals surface area contributed by atoms with E-state index in [-0.39, 0.29) is 11.5 Å². The Morgan fingerprint density at radius 2 is 1.74 bits per heavy atom. The third kappa shape index (κ3) is 2.35. The van der Waals surface area contributed by atoms with Crippen molar-refractivity contribution >= 4 is 11.3 Å². The van der Waals surface area contributed by atoms with Crippen LogP contribution in [0.1, 0.15) is 49.3 Å². The van der Waals surface area contributed by atoms with E-state index in [2.05, 4.69) is 47.2 Å². The van der Waals surface area contributed by atoms with Gasteiger partial charge in [0, 0.05) is 11.5 Å². The molecule has 0 spiro atoms. The van der Waals surface area contributed by atoms with Gasteiger partial charge in [0.1, 0.15) is 0 Å². The molecule has 2 N–H and O–H groups in total. The van der Waals surface area contributed by atoms with Crippen molar-refractivity contribution in [1.82, 2.24) is 0 Å². The summed E-state index contributed by atoms with van der Waals surface area (Å²) in [6.07, 6.45) is 6.38. The van der Waals surface area contributed by atoms with Gasteiger partial charge in [-0.2, -0.15) is 11.3 Å². The van der Waals surface area contributed by atoms with Gasteiger partial charge in [0.15, 0.2) is 0 Å². The summed E-state index contributed by atoms with van der Waals surface area (Å²) in [5.74, 6) is 0. The zero-order chi connectivity index (χ0) is 13.1. The fourth-order valence-electron chi connectivity index (χ4n) is 3.50. The first-order chi connectivity index (χ1) is 9.33. The standard InChI is InChI=1S/C17H21NS/c18-16(14-9-12-19-13-14)17(10-5-2-6-11-17)15-7-3-1-4-8-15/h1,3-4,7-9,12-13,16H,2,5-6,10-11,18H2. The molecule has 0 radical (unpaired) electrons. The van der Waals surface area contributed by atoms with Crippen LogP contribution in [0.3, 0.4) is 0 Å². The average molecular weight is 271 g/mol. The second-order valence-electron chi connectivity index (χ2n) is 5.62. The van der Waals surface area contributed by atoms with Gasteiger partial charge in [-0.1, -0.05) is 49.6 Å². The molecule has 1 aromatic carbocycles. The first kappa shape index (κ1) is 12.9. The van der Waals surface area contributed by atoms with Crippen molar-refractivity contribution in [2.45, 2.75) is 43.6 Å². The molecule has 0 bridgehead atoms. The largest absolute Gasteiger partial charge is 0.323 e. The fourth-order valence-corrected chi connectivity index (χ4v) is 4.20. The highest BCUT2D eigenvalue weighted by Crippen LogP contribution is 2.47. The van der Waals surface area contributed by atoms with Crippen LogP contribution in [0.2, 0.25) is 0 Å². The number of thiophene rings is 1. The Morgan fingerprint density at radius 1 is 1.00 bits per heavy atom. The minimum Gasteiger partial charge on any atom is -0.323 e. The Labute approximate surface area is 119 Å². The summed E-state index contributed by atoms with van der Waals surface area (Å²) in [6, 6.07) is 13.2. The maximum absolute atomic E-state index is 6.69. The molecule has 0 amide bonds. The van der Waals surface area contributed by atoms with Crippen molar-refractivity contribution in [2.24, 2.45) is 5.73 Å². The van der Waals surface area contributed by atoms with E-state index in [9.17, 15) is 0 Å². The monoisotopic (exact) mass is 271 g/mol. The highest BCUT2D eigenvalue weighted by Gasteiger charge is 2.40. The summed E-state index contributed by atoms with van der Waals surface area (Å²) >= 11 is 1.75. The lowest BCUT2D eigenvalue weighted by Gasteiger charge is -2.42.